The molecule has 1 amide bonds. The van der Waals surface area contributed by atoms with Gasteiger partial charge in [0.25, 0.3) is 0 Å². The number of aromatic nitrogens is 5. The maximum Gasteiger partial charge on any atom is 0.227 e. The van der Waals surface area contributed by atoms with Crippen LogP contribution >= 0.6 is 11.6 Å². The Labute approximate surface area is 207 Å². The Bertz CT molecular complexity index is 1370. The van der Waals surface area contributed by atoms with E-state index in [1.807, 2.05) is 29.0 Å². The van der Waals surface area contributed by atoms with Crippen molar-refractivity contribution in [3.63, 3.8) is 0 Å². The van der Waals surface area contributed by atoms with Crippen LogP contribution in [0.25, 0.3) is 16.6 Å². The molecule has 6 rings (SSSR count). The van der Waals surface area contributed by atoms with E-state index >= 15 is 0 Å². The number of nitrogens with one attached hydrogen (secondary N) is 1. The highest BCUT2D eigenvalue weighted by molar-refractivity contribution is 6.30. The van der Waals surface area contributed by atoms with Crippen LogP contribution in [0.5, 0.6) is 0 Å². The van der Waals surface area contributed by atoms with Crippen LogP contribution in [0.15, 0.2) is 49.1 Å². The fraction of sp³-hybridized carbons (Fsp3) is 0.360. The summed E-state index contributed by atoms with van der Waals surface area (Å²) in [4.78, 5) is 19.6. The van der Waals surface area contributed by atoms with Gasteiger partial charge in [-0.05, 0) is 43.0 Å². The summed E-state index contributed by atoms with van der Waals surface area (Å²) in [7, 11) is 0. The molecule has 0 spiro atoms. The fourth-order valence-corrected chi connectivity index (χ4v) is 5.19. The minimum atomic E-state index is -0.254. The van der Waals surface area contributed by atoms with Gasteiger partial charge in [-0.1, -0.05) is 23.7 Å². The van der Waals surface area contributed by atoms with E-state index in [9.17, 15) is 9.90 Å². The highest BCUT2D eigenvalue weighted by atomic mass is 35.5. The number of rotatable bonds is 7. The van der Waals surface area contributed by atoms with Gasteiger partial charge < -0.3 is 15.3 Å². The first kappa shape index (κ1) is 22.1. The first-order valence-electron chi connectivity index (χ1n) is 11.9. The maximum absolute atomic E-state index is 13.0. The Morgan fingerprint density at radius 1 is 1.23 bits per heavy atom. The SMILES string of the molecule is O=C(N[C@@H](CCO)c1ccc(Cl)cc1)C1CN(c2ncnn3cc(-c4cnn5c4CCC5)cc23)C1. The third-order valence-corrected chi connectivity index (χ3v) is 7.24. The van der Waals surface area contributed by atoms with Crippen molar-refractivity contribution in [2.24, 2.45) is 5.92 Å². The van der Waals surface area contributed by atoms with Gasteiger partial charge in [0.2, 0.25) is 5.91 Å². The smallest absolute Gasteiger partial charge is 0.227 e. The average Bonchev–Trinajstić information content (AvgIpc) is 3.54. The summed E-state index contributed by atoms with van der Waals surface area (Å²) < 4.78 is 3.93. The van der Waals surface area contributed by atoms with Crippen LogP contribution in [0.3, 0.4) is 0 Å². The average molecular weight is 492 g/mol. The van der Waals surface area contributed by atoms with Crippen LogP contribution in [-0.2, 0) is 17.8 Å². The molecule has 0 radical (unpaired) electrons. The summed E-state index contributed by atoms with van der Waals surface area (Å²) in [6.45, 7) is 2.12. The number of amides is 1. The molecule has 0 bridgehead atoms. The molecule has 3 aromatic heterocycles. The van der Waals surface area contributed by atoms with E-state index in [4.69, 9.17) is 11.6 Å². The zero-order valence-corrected chi connectivity index (χ0v) is 19.9. The van der Waals surface area contributed by atoms with Gasteiger partial charge in [-0.15, -0.1) is 0 Å². The number of nitrogens with zero attached hydrogens (tertiary/aromatic N) is 6. The summed E-state index contributed by atoms with van der Waals surface area (Å²) in [6, 6.07) is 9.21. The summed E-state index contributed by atoms with van der Waals surface area (Å²) in [5.41, 5.74) is 5.35. The van der Waals surface area contributed by atoms with Crippen molar-refractivity contribution in [1.82, 2.24) is 29.7 Å². The Kier molecular flexibility index (Phi) is 5.66. The zero-order valence-electron chi connectivity index (χ0n) is 19.1. The van der Waals surface area contributed by atoms with Gasteiger partial charge >= 0.3 is 0 Å². The quantitative estimate of drug-likeness (QED) is 0.412. The first-order valence-corrected chi connectivity index (χ1v) is 12.3. The van der Waals surface area contributed by atoms with Gasteiger partial charge in [0.1, 0.15) is 11.8 Å². The number of aliphatic hydroxyl groups excluding tert-OH is 1. The number of hydrogen-bond acceptors (Lipinski definition) is 6. The molecule has 5 heterocycles. The highest BCUT2D eigenvalue weighted by Crippen LogP contribution is 2.33. The molecule has 2 aliphatic heterocycles. The number of carbonyl (C=O) groups excluding carboxylic acids is 1. The lowest BCUT2D eigenvalue weighted by atomic mass is 9.97. The number of benzene rings is 1. The third kappa shape index (κ3) is 4.04. The summed E-state index contributed by atoms with van der Waals surface area (Å²) in [6.07, 6.45) is 8.12. The van der Waals surface area contributed by atoms with Crippen molar-refractivity contribution in [2.45, 2.75) is 31.8 Å². The van der Waals surface area contributed by atoms with E-state index in [-0.39, 0.29) is 24.5 Å². The van der Waals surface area contributed by atoms with Gasteiger partial charge in [0, 0.05) is 54.3 Å². The highest BCUT2D eigenvalue weighted by Gasteiger charge is 2.35. The summed E-state index contributed by atoms with van der Waals surface area (Å²) in [5, 5.41) is 22.1. The minimum Gasteiger partial charge on any atom is -0.396 e. The number of anilines is 1. The van der Waals surface area contributed by atoms with Crippen molar-refractivity contribution in [1.29, 1.82) is 0 Å². The molecule has 0 aliphatic carbocycles. The van der Waals surface area contributed by atoms with E-state index in [1.54, 1.807) is 18.5 Å². The van der Waals surface area contributed by atoms with Crippen LogP contribution < -0.4 is 10.2 Å². The second-order valence-electron chi connectivity index (χ2n) is 9.20. The molecule has 4 aromatic rings. The number of aliphatic hydroxyl groups is 1. The molecule has 0 saturated carbocycles. The number of fused-ring (bicyclic) bond motifs is 2. The Hall–Kier alpha value is -3.43. The van der Waals surface area contributed by atoms with E-state index in [1.165, 1.54) is 5.69 Å². The molecule has 1 aromatic carbocycles. The number of hydrogen-bond donors (Lipinski definition) is 2. The van der Waals surface area contributed by atoms with Crippen molar-refractivity contribution >= 4 is 28.8 Å². The Balaban J connectivity index is 1.16. The lowest BCUT2D eigenvalue weighted by Gasteiger charge is -2.39. The number of carbonyl (C=O) groups is 1. The first-order chi connectivity index (χ1) is 17.1. The van der Waals surface area contributed by atoms with Gasteiger partial charge in [-0.2, -0.15) is 10.2 Å². The van der Waals surface area contributed by atoms with Crippen LogP contribution in [-0.4, -0.2) is 55.1 Å². The molecule has 0 unspecified atom stereocenters. The van der Waals surface area contributed by atoms with E-state index in [2.05, 4.69) is 36.1 Å². The van der Waals surface area contributed by atoms with Gasteiger partial charge in [0.15, 0.2) is 5.82 Å². The van der Waals surface area contributed by atoms with Crippen LogP contribution in [0.4, 0.5) is 5.82 Å². The van der Waals surface area contributed by atoms with Crippen LogP contribution in [0.2, 0.25) is 5.02 Å². The summed E-state index contributed by atoms with van der Waals surface area (Å²) in [5.74, 6) is 0.654. The molecule has 1 fully saturated rings. The van der Waals surface area contributed by atoms with Gasteiger partial charge in [-0.3, -0.25) is 9.48 Å². The van der Waals surface area contributed by atoms with Crippen LogP contribution in [0.1, 0.15) is 30.1 Å². The molecule has 2 aliphatic rings. The second-order valence-corrected chi connectivity index (χ2v) is 9.64. The predicted octanol–water partition coefficient (Wildman–Crippen LogP) is 2.87. The normalized spacial score (nSPS) is 16.3. The molecule has 2 N–H and O–H groups in total. The topological polar surface area (TPSA) is 101 Å². The molecular formula is C25H26ClN7O2. The van der Waals surface area contributed by atoms with Crippen molar-refractivity contribution < 1.29 is 9.90 Å². The van der Waals surface area contributed by atoms with Gasteiger partial charge in [-0.25, -0.2) is 9.50 Å². The number of halogens is 1. The van der Waals surface area contributed by atoms with Gasteiger partial charge in [0.05, 0.1) is 18.2 Å². The molecule has 10 heteroatoms. The van der Waals surface area contributed by atoms with E-state index in [0.717, 1.165) is 47.4 Å². The van der Waals surface area contributed by atoms with Crippen molar-refractivity contribution in [2.75, 3.05) is 24.6 Å². The zero-order chi connectivity index (χ0) is 23.9. The molecular weight excluding hydrogens is 466 g/mol. The summed E-state index contributed by atoms with van der Waals surface area (Å²) >= 11 is 5.99. The molecule has 1 saturated heterocycles. The van der Waals surface area contributed by atoms with E-state index in [0.29, 0.717) is 24.5 Å². The molecule has 9 nitrogen and oxygen atoms in total. The van der Waals surface area contributed by atoms with Crippen molar-refractivity contribution in [3.05, 3.63) is 65.3 Å². The lowest BCUT2D eigenvalue weighted by Crippen LogP contribution is -2.54. The largest absolute Gasteiger partial charge is 0.396 e. The van der Waals surface area contributed by atoms with E-state index < -0.39 is 0 Å². The maximum atomic E-state index is 13.0. The number of aryl methyl sites for hydroxylation is 1. The lowest BCUT2D eigenvalue weighted by molar-refractivity contribution is -0.126. The van der Waals surface area contributed by atoms with Crippen LogP contribution in [0, 0.1) is 5.92 Å². The Morgan fingerprint density at radius 3 is 2.86 bits per heavy atom. The molecule has 35 heavy (non-hydrogen) atoms. The minimum absolute atomic E-state index is 0.0134. The second kappa shape index (κ2) is 8.98. The third-order valence-electron chi connectivity index (χ3n) is 6.99. The monoisotopic (exact) mass is 491 g/mol. The van der Waals surface area contributed by atoms with Crippen molar-refractivity contribution in [3.8, 4) is 11.1 Å². The predicted molar refractivity (Wildman–Crippen MR) is 132 cm³/mol. The standard InChI is InChI=1S/C25H26ClN7O2/c26-19-5-3-16(4-6-19)21(7-9-34)30-25(35)18-12-31(13-18)24-23-10-17(14-33(23)29-15-27-24)20-11-28-32-8-1-2-22(20)32/h3-6,10-11,14-15,18,21,34H,1-2,7-9,12-13H2,(H,30,35)/t21-/m0/s1. The Morgan fingerprint density at radius 2 is 2.06 bits per heavy atom. The fourth-order valence-electron chi connectivity index (χ4n) is 5.07. The molecule has 1 atom stereocenters. The molecule has 180 valence electrons.